The van der Waals surface area contributed by atoms with Crippen molar-refractivity contribution < 1.29 is 19.4 Å². The first-order valence-electron chi connectivity index (χ1n) is 10.7. The molecule has 0 aliphatic carbocycles. The first-order chi connectivity index (χ1) is 15.3. The third kappa shape index (κ3) is 4.74. The van der Waals surface area contributed by atoms with Gasteiger partial charge in [-0.05, 0) is 61.5 Å². The number of rotatable bonds is 8. The summed E-state index contributed by atoms with van der Waals surface area (Å²) in [6.07, 6.45) is 0. The van der Waals surface area contributed by atoms with E-state index in [1.807, 2.05) is 31.2 Å². The lowest BCUT2D eigenvalue weighted by Crippen LogP contribution is -2.38. The van der Waals surface area contributed by atoms with Crippen LogP contribution in [0.4, 0.5) is 0 Å². The average Bonchev–Trinajstić information content (AvgIpc) is 3.04. The number of benzene rings is 2. The smallest absolute Gasteiger partial charge is 0.295 e. The summed E-state index contributed by atoms with van der Waals surface area (Å²) in [6.45, 7) is 8.72. The second kappa shape index (κ2) is 10.3. The van der Waals surface area contributed by atoms with E-state index in [2.05, 4.69) is 34.7 Å². The van der Waals surface area contributed by atoms with Gasteiger partial charge in [-0.1, -0.05) is 41.9 Å². The van der Waals surface area contributed by atoms with Crippen molar-refractivity contribution in [3.05, 3.63) is 69.2 Å². The van der Waals surface area contributed by atoms with Crippen LogP contribution in [0, 0.1) is 6.92 Å². The van der Waals surface area contributed by atoms with E-state index < -0.39 is 17.7 Å². The second-order valence-corrected chi connectivity index (χ2v) is 8.67. The Hall–Kier alpha value is -2.64. The monoisotopic (exact) mass is 500 g/mol. The van der Waals surface area contributed by atoms with Crippen molar-refractivity contribution in [1.29, 1.82) is 0 Å². The van der Waals surface area contributed by atoms with Gasteiger partial charge in [0.15, 0.2) is 0 Å². The molecule has 1 N–H and O–H groups in total. The van der Waals surface area contributed by atoms with Gasteiger partial charge in [0, 0.05) is 23.1 Å². The van der Waals surface area contributed by atoms with E-state index in [1.165, 1.54) is 0 Å². The fraction of sp³-hybridized carbons (Fsp3) is 0.360. The van der Waals surface area contributed by atoms with Crippen molar-refractivity contribution in [2.45, 2.75) is 26.8 Å². The van der Waals surface area contributed by atoms with Crippen molar-refractivity contribution in [2.75, 3.05) is 33.3 Å². The van der Waals surface area contributed by atoms with Gasteiger partial charge >= 0.3 is 0 Å². The van der Waals surface area contributed by atoms with Crippen LogP contribution < -0.4 is 4.74 Å². The lowest BCUT2D eigenvalue weighted by atomic mass is 9.94. The Bertz CT molecular complexity index is 1030. The van der Waals surface area contributed by atoms with Gasteiger partial charge in [0.25, 0.3) is 11.7 Å². The maximum absolute atomic E-state index is 13.1. The van der Waals surface area contributed by atoms with Crippen molar-refractivity contribution in [3.8, 4) is 5.75 Å². The third-order valence-electron chi connectivity index (χ3n) is 5.97. The van der Waals surface area contributed by atoms with Gasteiger partial charge in [0.05, 0.1) is 18.7 Å². The summed E-state index contributed by atoms with van der Waals surface area (Å²) in [6, 6.07) is 12.1. The number of carbonyl (C=O) groups is 2. The molecule has 3 rings (SSSR count). The van der Waals surface area contributed by atoms with Crippen LogP contribution in [0.1, 0.15) is 36.6 Å². The number of likely N-dealkylation sites (tertiary alicyclic amines) is 1. The number of Topliss-reactive ketones (excluding diaryl/α,β-unsaturated/α-hetero) is 1. The summed E-state index contributed by atoms with van der Waals surface area (Å²) in [5, 5.41) is 11.2. The van der Waals surface area contributed by atoms with Crippen LogP contribution in [0.15, 0.2) is 52.5 Å². The van der Waals surface area contributed by atoms with Crippen molar-refractivity contribution >= 4 is 33.4 Å². The minimum Gasteiger partial charge on any atom is -0.507 e. The normalized spacial score (nSPS) is 17.9. The van der Waals surface area contributed by atoms with Crippen molar-refractivity contribution in [2.24, 2.45) is 0 Å². The van der Waals surface area contributed by atoms with Crippen molar-refractivity contribution in [1.82, 2.24) is 9.80 Å². The Morgan fingerprint density at radius 1 is 1.12 bits per heavy atom. The lowest BCUT2D eigenvalue weighted by Gasteiger charge is -2.28. The van der Waals surface area contributed by atoms with Crippen LogP contribution in [-0.4, -0.2) is 59.9 Å². The number of carbonyl (C=O) groups excluding carboxylic acids is 2. The number of hydrogen-bond acceptors (Lipinski definition) is 5. The van der Waals surface area contributed by atoms with Gasteiger partial charge in [0.1, 0.15) is 11.5 Å². The molecule has 0 bridgehead atoms. The molecule has 1 aliphatic rings. The number of halogens is 1. The van der Waals surface area contributed by atoms with Crippen LogP contribution in [0.3, 0.4) is 0 Å². The molecule has 1 unspecified atom stereocenters. The molecule has 1 atom stereocenters. The molecule has 0 aromatic heterocycles. The summed E-state index contributed by atoms with van der Waals surface area (Å²) >= 11 is 3.44. The summed E-state index contributed by atoms with van der Waals surface area (Å²) in [4.78, 5) is 30.0. The number of aliphatic hydroxyl groups is 1. The highest BCUT2D eigenvalue weighted by molar-refractivity contribution is 9.10. The number of amides is 1. The predicted octanol–water partition coefficient (Wildman–Crippen LogP) is 4.53. The highest BCUT2D eigenvalue weighted by Gasteiger charge is 2.46. The molecule has 1 fully saturated rings. The summed E-state index contributed by atoms with van der Waals surface area (Å²) in [5.41, 5.74) is 2.16. The zero-order chi connectivity index (χ0) is 23.4. The number of nitrogens with zero attached hydrogens (tertiary/aromatic N) is 2. The molecule has 0 saturated carbocycles. The SMILES string of the molecule is CCN(CC)CCN1C(=O)C(=O)C(=C(O)c2ccc(OC)cc2C)C1c1ccc(Br)cc1. The van der Waals surface area contributed by atoms with E-state index in [1.54, 1.807) is 30.2 Å². The standard InChI is InChI=1S/C25H29BrN2O4/c1-5-27(6-2)13-14-28-22(17-7-9-18(26)10-8-17)21(24(30)25(28)31)23(29)20-12-11-19(32-4)15-16(20)3/h7-12,15,22,29H,5-6,13-14H2,1-4H3. The van der Waals surface area contributed by atoms with Crippen LogP contribution in [-0.2, 0) is 9.59 Å². The number of aryl methyl sites for hydroxylation is 1. The number of methoxy groups -OCH3 is 1. The zero-order valence-electron chi connectivity index (χ0n) is 18.9. The average molecular weight is 501 g/mol. The fourth-order valence-electron chi connectivity index (χ4n) is 4.07. The Balaban J connectivity index is 2.12. The number of aliphatic hydroxyl groups excluding tert-OH is 1. The van der Waals surface area contributed by atoms with Crippen LogP contribution in [0.5, 0.6) is 5.75 Å². The maximum Gasteiger partial charge on any atom is 0.295 e. The van der Waals surface area contributed by atoms with Gasteiger partial charge in [-0.25, -0.2) is 0 Å². The molecule has 7 heteroatoms. The topological polar surface area (TPSA) is 70.1 Å². The van der Waals surface area contributed by atoms with Gasteiger partial charge in [-0.3, -0.25) is 9.59 Å². The molecule has 6 nitrogen and oxygen atoms in total. The first-order valence-corrected chi connectivity index (χ1v) is 11.5. The van der Waals surface area contributed by atoms with E-state index >= 15 is 0 Å². The molecule has 2 aromatic rings. The number of hydrogen-bond donors (Lipinski definition) is 1. The highest BCUT2D eigenvalue weighted by atomic mass is 79.9. The molecule has 1 aliphatic heterocycles. The molecular formula is C25H29BrN2O4. The largest absolute Gasteiger partial charge is 0.507 e. The summed E-state index contributed by atoms with van der Waals surface area (Å²) in [5.74, 6) is -0.757. The quantitative estimate of drug-likeness (QED) is 0.327. The summed E-state index contributed by atoms with van der Waals surface area (Å²) in [7, 11) is 1.57. The molecule has 170 valence electrons. The van der Waals surface area contributed by atoms with Gasteiger partial charge in [-0.15, -0.1) is 0 Å². The maximum atomic E-state index is 13.1. The van der Waals surface area contributed by atoms with Gasteiger partial charge < -0.3 is 19.6 Å². The minimum absolute atomic E-state index is 0.116. The van der Waals surface area contributed by atoms with E-state index in [0.29, 0.717) is 24.4 Å². The number of ketones is 1. The van der Waals surface area contributed by atoms with Gasteiger partial charge in [0.2, 0.25) is 0 Å². The van der Waals surface area contributed by atoms with Crippen LogP contribution >= 0.6 is 15.9 Å². The van der Waals surface area contributed by atoms with Gasteiger partial charge in [-0.2, -0.15) is 0 Å². The predicted molar refractivity (Wildman–Crippen MR) is 129 cm³/mol. The molecule has 2 aromatic carbocycles. The number of likely N-dealkylation sites (N-methyl/N-ethyl adjacent to an activating group) is 1. The molecule has 1 amide bonds. The Morgan fingerprint density at radius 2 is 1.78 bits per heavy atom. The minimum atomic E-state index is -0.662. The zero-order valence-corrected chi connectivity index (χ0v) is 20.5. The Morgan fingerprint density at radius 3 is 2.34 bits per heavy atom. The van der Waals surface area contributed by atoms with Crippen molar-refractivity contribution in [3.63, 3.8) is 0 Å². The van der Waals surface area contributed by atoms with E-state index in [4.69, 9.17) is 4.74 Å². The molecule has 1 heterocycles. The second-order valence-electron chi connectivity index (χ2n) is 7.75. The lowest BCUT2D eigenvalue weighted by molar-refractivity contribution is -0.140. The van der Waals surface area contributed by atoms with E-state index in [9.17, 15) is 14.7 Å². The Labute approximate surface area is 197 Å². The molecule has 32 heavy (non-hydrogen) atoms. The third-order valence-corrected chi connectivity index (χ3v) is 6.49. The fourth-order valence-corrected chi connectivity index (χ4v) is 4.33. The van der Waals surface area contributed by atoms with E-state index in [0.717, 1.165) is 28.7 Å². The number of ether oxygens (including phenoxy) is 1. The summed E-state index contributed by atoms with van der Waals surface area (Å²) < 4.78 is 6.15. The molecule has 0 radical (unpaired) electrons. The van der Waals surface area contributed by atoms with Crippen LogP contribution in [0.2, 0.25) is 0 Å². The molecular weight excluding hydrogens is 472 g/mol. The molecule has 1 saturated heterocycles. The molecule has 0 spiro atoms. The highest BCUT2D eigenvalue weighted by Crippen LogP contribution is 2.40. The van der Waals surface area contributed by atoms with Crippen LogP contribution in [0.25, 0.3) is 5.76 Å². The first kappa shape index (κ1) is 24.0. The Kier molecular flexibility index (Phi) is 7.74. The van der Waals surface area contributed by atoms with E-state index in [-0.39, 0.29) is 11.3 Å².